The van der Waals surface area contributed by atoms with Crippen molar-refractivity contribution >= 4 is 16.8 Å². The maximum Gasteiger partial charge on any atom is 0.225 e. The highest BCUT2D eigenvalue weighted by molar-refractivity contribution is 6.63. The molecule has 0 saturated carbocycles. The number of carbonyl (C=O) groups excluding carboxylic acids is 1. The van der Waals surface area contributed by atoms with Gasteiger partial charge < -0.3 is 0 Å². The van der Waals surface area contributed by atoms with Gasteiger partial charge in [-0.3, -0.25) is 4.79 Å². The van der Waals surface area contributed by atoms with Crippen molar-refractivity contribution < 1.29 is 4.79 Å². The van der Waals surface area contributed by atoms with E-state index in [-0.39, 0.29) is 5.24 Å². The van der Waals surface area contributed by atoms with E-state index in [4.69, 9.17) is 11.6 Å². The van der Waals surface area contributed by atoms with E-state index in [9.17, 15) is 4.79 Å². The van der Waals surface area contributed by atoms with Gasteiger partial charge in [-0.15, -0.1) is 0 Å². The van der Waals surface area contributed by atoms with E-state index < -0.39 is 0 Å². The van der Waals surface area contributed by atoms with E-state index in [0.717, 1.165) is 6.42 Å². The molecule has 0 saturated heterocycles. The minimum atomic E-state index is -0.247. The predicted molar refractivity (Wildman–Crippen MR) is 28.2 cm³/mol. The Bertz CT molecular complexity index is 126. The molecule has 38 valence electrons. The van der Waals surface area contributed by atoms with Crippen LogP contribution in [-0.4, -0.2) is 5.24 Å². The van der Waals surface area contributed by atoms with Gasteiger partial charge in [0.1, 0.15) is 0 Å². The zero-order chi connectivity index (χ0) is 5.28. The number of halogens is 1. The first-order chi connectivity index (χ1) is 3.29. The first kappa shape index (κ1) is 4.85. The lowest BCUT2D eigenvalue weighted by molar-refractivity contribution is -0.111. The van der Waals surface area contributed by atoms with Crippen LogP contribution >= 0.6 is 11.6 Å². The van der Waals surface area contributed by atoms with Crippen LogP contribution in [-0.2, 0) is 4.79 Å². The Hall–Kier alpha value is -0.300. The van der Waals surface area contributed by atoms with E-state index in [1.165, 1.54) is 5.57 Å². The van der Waals surface area contributed by atoms with Crippen LogP contribution in [0.2, 0.25) is 0 Å². The lowest BCUT2D eigenvalue weighted by Crippen LogP contribution is -1.80. The van der Waals surface area contributed by atoms with Crippen molar-refractivity contribution in [1.82, 2.24) is 0 Å². The number of hydrogen-bond acceptors (Lipinski definition) is 1. The lowest BCUT2D eigenvalue weighted by Gasteiger charge is -1.77. The predicted octanol–water partition coefficient (Wildman–Crippen LogP) is 1.47. The third-order valence-electron chi connectivity index (χ3n) is 0.859. The maximum atomic E-state index is 10.0. The van der Waals surface area contributed by atoms with Gasteiger partial charge in [0, 0.05) is 6.42 Å². The minimum absolute atomic E-state index is 0.247. The molecule has 0 amide bonds. The fourth-order valence-electron chi connectivity index (χ4n) is 0.395. The molecule has 0 heterocycles. The van der Waals surface area contributed by atoms with Crippen molar-refractivity contribution in [2.75, 3.05) is 0 Å². The molecule has 1 rings (SSSR count). The molecule has 0 N–H and O–H groups in total. The third-order valence-corrected chi connectivity index (χ3v) is 0.992. The van der Waals surface area contributed by atoms with E-state index in [0.29, 0.717) is 6.42 Å². The van der Waals surface area contributed by atoms with Crippen LogP contribution in [0.15, 0.2) is 11.6 Å². The van der Waals surface area contributed by atoms with E-state index in [1.807, 2.05) is 6.08 Å². The van der Waals surface area contributed by atoms with Crippen molar-refractivity contribution in [2.45, 2.75) is 12.8 Å². The van der Waals surface area contributed by atoms with Crippen molar-refractivity contribution in [3.8, 4) is 0 Å². The molecule has 1 aliphatic carbocycles. The van der Waals surface area contributed by atoms with Crippen molar-refractivity contribution in [2.24, 2.45) is 0 Å². The Morgan fingerprint density at radius 1 is 2.00 bits per heavy atom. The Balaban J connectivity index is 2.21. The summed E-state index contributed by atoms with van der Waals surface area (Å²) in [5, 5.41) is -0.247. The molecule has 0 aromatic heterocycles. The molecule has 0 spiro atoms. The van der Waals surface area contributed by atoms with Gasteiger partial charge in [0.2, 0.25) is 5.24 Å². The molecule has 0 atom stereocenters. The van der Waals surface area contributed by atoms with Gasteiger partial charge in [-0.2, -0.15) is 0 Å². The summed E-state index contributed by atoms with van der Waals surface area (Å²) in [5.74, 6) is 0. The second kappa shape index (κ2) is 1.66. The average molecular weight is 117 g/mol. The zero-order valence-corrected chi connectivity index (χ0v) is 4.53. The Kier molecular flexibility index (Phi) is 1.15. The summed E-state index contributed by atoms with van der Waals surface area (Å²) in [6.45, 7) is 0. The largest absolute Gasteiger partial charge is 0.281 e. The highest BCUT2D eigenvalue weighted by Gasteiger charge is 2.09. The Labute approximate surface area is 47.0 Å². The van der Waals surface area contributed by atoms with Crippen LogP contribution in [0.1, 0.15) is 12.8 Å². The molecule has 0 radical (unpaired) electrons. The molecule has 0 aliphatic heterocycles. The van der Waals surface area contributed by atoms with Crippen molar-refractivity contribution in [3.63, 3.8) is 0 Å². The SMILES string of the molecule is O=C(Cl)CC1=CC1. The van der Waals surface area contributed by atoms with E-state index >= 15 is 0 Å². The number of hydrogen-bond donors (Lipinski definition) is 0. The van der Waals surface area contributed by atoms with Gasteiger partial charge in [-0.1, -0.05) is 11.6 Å². The monoisotopic (exact) mass is 116 g/mol. The fourth-order valence-corrected chi connectivity index (χ4v) is 0.567. The minimum Gasteiger partial charge on any atom is -0.281 e. The molecule has 2 heteroatoms. The van der Waals surface area contributed by atoms with Gasteiger partial charge in [0.25, 0.3) is 0 Å². The molecule has 1 aliphatic rings. The second-order valence-electron chi connectivity index (χ2n) is 1.60. The number of rotatable bonds is 2. The lowest BCUT2D eigenvalue weighted by atomic mass is 10.4. The first-order valence-electron chi connectivity index (χ1n) is 2.15. The van der Waals surface area contributed by atoms with Crippen LogP contribution in [0.3, 0.4) is 0 Å². The molecular formula is C5H5ClO. The Morgan fingerprint density at radius 2 is 2.57 bits per heavy atom. The quantitative estimate of drug-likeness (QED) is 0.395. The van der Waals surface area contributed by atoms with Gasteiger partial charge in [-0.05, 0) is 18.0 Å². The summed E-state index contributed by atoms with van der Waals surface area (Å²) in [5.41, 5.74) is 1.18. The molecule has 0 bridgehead atoms. The van der Waals surface area contributed by atoms with Crippen molar-refractivity contribution in [1.29, 1.82) is 0 Å². The highest BCUT2D eigenvalue weighted by atomic mass is 35.5. The zero-order valence-electron chi connectivity index (χ0n) is 3.78. The molecule has 0 fully saturated rings. The Morgan fingerprint density at radius 3 is 2.71 bits per heavy atom. The van der Waals surface area contributed by atoms with Crippen molar-refractivity contribution in [3.05, 3.63) is 11.6 Å². The summed E-state index contributed by atoms with van der Waals surface area (Å²) in [4.78, 5) is 10.0. The summed E-state index contributed by atoms with van der Waals surface area (Å²) >= 11 is 5.03. The summed E-state index contributed by atoms with van der Waals surface area (Å²) in [6, 6.07) is 0. The van der Waals surface area contributed by atoms with Gasteiger partial charge >= 0.3 is 0 Å². The molecule has 0 aromatic rings. The molecule has 1 nitrogen and oxygen atoms in total. The van der Waals surface area contributed by atoms with E-state index in [2.05, 4.69) is 0 Å². The molecular weight excluding hydrogens is 112 g/mol. The average Bonchev–Trinajstić information content (AvgIpc) is 2.17. The summed E-state index contributed by atoms with van der Waals surface area (Å²) in [6.07, 6.45) is 3.46. The first-order valence-corrected chi connectivity index (χ1v) is 2.53. The molecule has 7 heavy (non-hydrogen) atoms. The molecule has 0 aromatic carbocycles. The van der Waals surface area contributed by atoms with Gasteiger partial charge in [-0.25, -0.2) is 0 Å². The van der Waals surface area contributed by atoms with E-state index in [1.54, 1.807) is 0 Å². The van der Waals surface area contributed by atoms with Gasteiger partial charge in [0.15, 0.2) is 0 Å². The standard InChI is InChI=1S/C5H5ClO/c6-5(7)3-4-1-2-4/h1H,2-3H2. The van der Waals surface area contributed by atoms with Crippen LogP contribution in [0, 0.1) is 0 Å². The fraction of sp³-hybridized carbons (Fsp3) is 0.400. The van der Waals surface area contributed by atoms with Crippen LogP contribution in [0.5, 0.6) is 0 Å². The third kappa shape index (κ3) is 1.74. The van der Waals surface area contributed by atoms with Crippen LogP contribution < -0.4 is 0 Å². The maximum absolute atomic E-state index is 10.0. The number of allylic oxidation sites excluding steroid dienone is 2. The number of carbonyl (C=O) groups is 1. The summed E-state index contributed by atoms with van der Waals surface area (Å²) in [7, 11) is 0. The topological polar surface area (TPSA) is 17.1 Å². The normalized spacial score (nSPS) is 15.9. The van der Waals surface area contributed by atoms with Crippen LogP contribution in [0.4, 0.5) is 0 Å². The summed E-state index contributed by atoms with van der Waals surface area (Å²) < 4.78 is 0. The smallest absolute Gasteiger partial charge is 0.225 e. The molecule has 0 unspecified atom stereocenters. The second-order valence-corrected chi connectivity index (χ2v) is 2.02. The van der Waals surface area contributed by atoms with Crippen LogP contribution in [0.25, 0.3) is 0 Å². The highest BCUT2D eigenvalue weighted by Crippen LogP contribution is 2.22. The van der Waals surface area contributed by atoms with Gasteiger partial charge in [0.05, 0.1) is 0 Å².